The predicted molar refractivity (Wildman–Crippen MR) is 82.2 cm³/mol. The lowest BCUT2D eigenvalue weighted by atomic mass is 10.0. The van der Waals surface area contributed by atoms with Gasteiger partial charge in [0.15, 0.2) is 0 Å². The highest BCUT2D eigenvalue weighted by Gasteiger charge is 2.07. The fourth-order valence-corrected chi connectivity index (χ4v) is 2.56. The second kappa shape index (κ2) is 6.80. The van der Waals surface area contributed by atoms with Crippen molar-refractivity contribution in [3.8, 4) is 0 Å². The Morgan fingerprint density at radius 3 is 2.32 bits per heavy atom. The molecule has 1 aromatic carbocycles. The van der Waals surface area contributed by atoms with Crippen LogP contribution in [0.15, 0.2) is 18.2 Å². The smallest absolute Gasteiger partial charge is 0.229 e. The highest BCUT2D eigenvalue weighted by atomic mass is 32.2. The van der Waals surface area contributed by atoms with E-state index in [1.807, 2.05) is 19.1 Å². The van der Waals surface area contributed by atoms with Gasteiger partial charge in [0.25, 0.3) is 0 Å². The first kappa shape index (κ1) is 15.8. The first-order valence-corrected chi connectivity index (χ1v) is 8.57. The van der Waals surface area contributed by atoms with Crippen LogP contribution in [0.5, 0.6) is 0 Å². The zero-order valence-electron chi connectivity index (χ0n) is 12.2. The summed E-state index contributed by atoms with van der Waals surface area (Å²) >= 11 is 0. The van der Waals surface area contributed by atoms with Gasteiger partial charge in [-0.3, -0.25) is 4.72 Å². The van der Waals surface area contributed by atoms with Crippen LogP contribution >= 0.6 is 0 Å². The minimum absolute atomic E-state index is 0.635. The first-order chi connectivity index (χ1) is 8.85. The number of sulfonamides is 1. The lowest BCUT2D eigenvalue weighted by Crippen LogP contribution is -2.13. The highest BCUT2D eigenvalue weighted by molar-refractivity contribution is 7.92. The summed E-state index contributed by atoms with van der Waals surface area (Å²) in [6, 6.07) is 5.67. The largest absolute Gasteiger partial charge is 0.385 e. The quantitative estimate of drug-likeness (QED) is 0.808. The summed E-state index contributed by atoms with van der Waals surface area (Å²) in [7, 11) is -3.22. The molecule has 0 aromatic heterocycles. The van der Waals surface area contributed by atoms with E-state index in [2.05, 4.69) is 23.9 Å². The van der Waals surface area contributed by atoms with Gasteiger partial charge < -0.3 is 5.32 Å². The van der Waals surface area contributed by atoms with Gasteiger partial charge in [0.05, 0.1) is 11.9 Å². The summed E-state index contributed by atoms with van der Waals surface area (Å²) in [5, 5.41) is 3.40. The number of aryl methyl sites for hydroxylation is 1. The van der Waals surface area contributed by atoms with E-state index < -0.39 is 10.0 Å². The summed E-state index contributed by atoms with van der Waals surface area (Å²) in [5.74, 6) is 0.675. The van der Waals surface area contributed by atoms with E-state index >= 15 is 0 Å². The predicted octanol–water partition coefficient (Wildman–Crippen LogP) is 3.21. The van der Waals surface area contributed by atoms with E-state index in [0.717, 1.165) is 36.9 Å². The van der Waals surface area contributed by atoms with Crippen LogP contribution in [-0.2, 0) is 10.0 Å². The molecular weight excluding hydrogens is 260 g/mol. The molecule has 4 nitrogen and oxygen atoms in total. The van der Waals surface area contributed by atoms with E-state index in [0.29, 0.717) is 11.6 Å². The van der Waals surface area contributed by atoms with Gasteiger partial charge in [-0.2, -0.15) is 0 Å². The van der Waals surface area contributed by atoms with E-state index in [-0.39, 0.29) is 0 Å². The molecule has 0 saturated carbocycles. The van der Waals surface area contributed by atoms with Crippen LogP contribution in [0, 0.1) is 12.8 Å². The van der Waals surface area contributed by atoms with E-state index in [9.17, 15) is 8.42 Å². The molecule has 0 aliphatic carbocycles. The number of anilines is 2. The van der Waals surface area contributed by atoms with Crippen molar-refractivity contribution in [1.29, 1.82) is 0 Å². The van der Waals surface area contributed by atoms with Crippen molar-refractivity contribution in [2.75, 3.05) is 22.8 Å². The summed E-state index contributed by atoms with van der Waals surface area (Å²) in [6.07, 6.45) is 3.48. The Morgan fingerprint density at radius 2 is 1.84 bits per heavy atom. The molecule has 0 unspecified atom stereocenters. The summed E-state index contributed by atoms with van der Waals surface area (Å²) in [5.41, 5.74) is 2.58. The maximum Gasteiger partial charge on any atom is 0.229 e. The van der Waals surface area contributed by atoms with E-state index in [1.54, 1.807) is 6.07 Å². The molecule has 2 N–H and O–H groups in total. The van der Waals surface area contributed by atoms with Crippen molar-refractivity contribution in [1.82, 2.24) is 0 Å². The van der Waals surface area contributed by atoms with E-state index in [4.69, 9.17) is 0 Å². The SMILES string of the molecule is CCC(CC)CNc1ccc(NS(C)(=O)=O)c(C)c1. The van der Waals surface area contributed by atoms with Gasteiger partial charge in [0.2, 0.25) is 10.0 Å². The lowest BCUT2D eigenvalue weighted by Gasteiger charge is -2.15. The van der Waals surface area contributed by atoms with Crippen LogP contribution < -0.4 is 10.0 Å². The van der Waals surface area contributed by atoms with Crippen LogP contribution in [0.4, 0.5) is 11.4 Å². The zero-order chi connectivity index (χ0) is 14.5. The number of nitrogens with one attached hydrogen (secondary N) is 2. The summed E-state index contributed by atoms with van der Waals surface area (Å²) in [6.45, 7) is 7.24. The molecular formula is C14H24N2O2S. The molecule has 0 aliphatic rings. The Hall–Kier alpha value is -1.23. The topological polar surface area (TPSA) is 58.2 Å². The molecule has 0 heterocycles. The van der Waals surface area contributed by atoms with Gasteiger partial charge in [-0.05, 0) is 36.6 Å². The number of benzene rings is 1. The third-order valence-corrected chi connectivity index (χ3v) is 3.86. The van der Waals surface area contributed by atoms with E-state index in [1.165, 1.54) is 0 Å². The Balaban J connectivity index is 2.71. The van der Waals surface area contributed by atoms with Crippen LogP contribution in [0.3, 0.4) is 0 Å². The third-order valence-electron chi connectivity index (χ3n) is 3.27. The first-order valence-electron chi connectivity index (χ1n) is 6.68. The molecule has 0 atom stereocenters. The van der Waals surface area contributed by atoms with Crippen molar-refractivity contribution in [3.63, 3.8) is 0 Å². The Bertz CT molecular complexity index is 508. The highest BCUT2D eigenvalue weighted by Crippen LogP contribution is 2.21. The molecule has 0 aliphatic heterocycles. The lowest BCUT2D eigenvalue weighted by molar-refractivity contribution is 0.519. The maximum atomic E-state index is 11.2. The number of rotatable bonds is 7. The summed E-state index contributed by atoms with van der Waals surface area (Å²) < 4.78 is 24.9. The Labute approximate surface area is 116 Å². The van der Waals surface area contributed by atoms with Crippen LogP contribution in [0.2, 0.25) is 0 Å². The van der Waals surface area contributed by atoms with Gasteiger partial charge in [-0.1, -0.05) is 26.7 Å². The monoisotopic (exact) mass is 284 g/mol. The zero-order valence-corrected chi connectivity index (χ0v) is 13.0. The average molecular weight is 284 g/mol. The van der Waals surface area contributed by atoms with Gasteiger partial charge in [-0.25, -0.2) is 8.42 Å². The molecule has 0 bridgehead atoms. The standard InChI is InChI=1S/C14H24N2O2S/c1-5-12(6-2)10-15-13-7-8-14(11(3)9-13)16-19(4,17)18/h7-9,12,15-16H,5-6,10H2,1-4H3. The molecule has 108 valence electrons. The average Bonchev–Trinajstić information content (AvgIpc) is 2.32. The second-order valence-corrected chi connectivity index (χ2v) is 6.72. The maximum absolute atomic E-state index is 11.2. The molecule has 0 saturated heterocycles. The van der Waals surface area contributed by atoms with Gasteiger partial charge in [0, 0.05) is 12.2 Å². The fourth-order valence-electron chi connectivity index (χ4n) is 1.93. The molecule has 0 radical (unpaired) electrons. The number of hydrogen-bond acceptors (Lipinski definition) is 3. The van der Waals surface area contributed by atoms with Crippen LogP contribution in [-0.4, -0.2) is 21.2 Å². The second-order valence-electron chi connectivity index (χ2n) is 4.97. The minimum atomic E-state index is -3.22. The molecule has 5 heteroatoms. The molecule has 0 fully saturated rings. The molecule has 0 amide bonds. The van der Waals surface area contributed by atoms with Crippen molar-refractivity contribution in [2.24, 2.45) is 5.92 Å². The van der Waals surface area contributed by atoms with Crippen molar-refractivity contribution in [3.05, 3.63) is 23.8 Å². The van der Waals surface area contributed by atoms with Gasteiger partial charge in [-0.15, -0.1) is 0 Å². The van der Waals surface area contributed by atoms with Gasteiger partial charge in [0.1, 0.15) is 0 Å². The molecule has 19 heavy (non-hydrogen) atoms. The normalized spacial score (nSPS) is 11.6. The number of hydrogen-bond donors (Lipinski definition) is 2. The minimum Gasteiger partial charge on any atom is -0.385 e. The van der Waals surface area contributed by atoms with Crippen LogP contribution in [0.1, 0.15) is 32.3 Å². The molecule has 0 spiro atoms. The van der Waals surface area contributed by atoms with Crippen molar-refractivity contribution in [2.45, 2.75) is 33.6 Å². The molecule has 1 aromatic rings. The van der Waals surface area contributed by atoms with Crippen LogP contribution in [0.25, 0.3) is 0 Å². The third kappa shape index (κ3) is 5.51. The summed E-state index contributed by atoms with van der Waals surface area (Å²) in [4.78, 5) is 0. The molecule has 1 rings (SSSR count). The Kier molecular flexibility index (Phi) is 5.66. The fraction of sp³-hybridized carbons (Fsp3) is 0.571. The van der Waals surface area contributed by atoms with Crippen molar-refractivity contribution < 1.29 is 8.42 Å². The Morgan fingerprint density at radius 1 is 1.21 bits per heavy atom. The van der Waals surface area contributed by atoms with Crippen molar-refractivity contribution >= 4 is 21.4 Å². The van der Waals surface area contributed by atoms with Gasteiger partial charge >= 0.3 is 0 Å².